The molecule has 0 radical (unpaired) electrons. The van der Waals surface area contributed by atoms with Gasteiger partial charge in [-0.25, -0.2) is 4.79 Å². The van der Waals surface area contributed by atoms with E-state index in [9.17, 15) is 22.8 Å². The lowest BCUT2D eigenvalue weighted by Gasteiger charge is -2.31. The SMILES string of the molecule is Cc1c(C(=O)N[C@@H]2CCO[C@H]2C2CCNCC2)[nH]c(=O)c2ccccc12.O=C(O)C(F)(F)F. The third-order valence-electron chi connectivity index (χ3n) is 5.96. The van der Waals surface area contributed by atoms with E-state index in [-0.39, 0.29) is 23.6 Å². The van der Waals surface area contributed by atoms with Crippen LogP contribution in [0.25, 0.3) is 10.8 Å². The van der Waals surface area contributed by atoms with Gasteiger partial charge in [-0.2, -0.15) is 13.2 Å². The molecule has 1 aromatic carbocycles. The molecule has 4 rings (SSSR count). The Balaban J connectivity index is 0.000000383. The molecule has 33 heavy (non-hydrogen) atoms. The number of alkyl halides is 3. The van der Waals surface area contributed by atoms with Crippen molar-refractivity contribution in [2.24, 2.45) is 5.92 Å². The highest BCUT2D eigenvalue weighted by Crippen LogP contribution is 2.28. The quantitative estimate of drug-likeness (QED) is 0.548. The van der Waals surface area contributed by atoms with Crippen LogP contribution in [0.1, 0.15) is 35.3 Å². The molecular weight excluding hydrogens is 443 g/mol. The third-order valence-corrected chi connectivity index (χ3v) is 5.96. The molecule has 4 N–H and O–H groups in total. The molecule has 0 spiro atoms. The average molecular weight is 469 g/mol. The number of carboxylic acids is 1. The first-order chi connectivity index (χ1) is 15.6. The van der Waals surface area contributed by atoms with E-state index in [4.69, 9.17) is 14.6 Å². The molecule has 1 aromatic heterocycles. The lowest BCUT2D eigenvalue weighted by molar-refractivity contribution is -0.192. The number of hydrogen-bond donors (Lipinski definition) is 4. The predicted octanol–water partition coefficient (Wildman–Crippen LogP) is 2.36. The molecule has 180 valence electrons. The number of halogens is 3. The summed E-state index contributed by atoms with van der Waals surface area (Å²) in [6, 6.07) is 7.37. The molecular formula is C22H26F3N3O5. The zero-order valence-electron chi connectivity index (χ0n) is 18.0. The van der Waals surface area contributed by atoms with Crippen molar-refractivity contribution in [1.82, 2.24) is 15.6 Å². The Labute approximate surface area is 187 Å². The maximum absolute atomic E-state index is 12.9. The topological polar surface area (TPSA) is 121 Å². The Kier molecular flexibility index (Phi) is 7.75. The largest absolute Gasteiger partial charge is 0.490 e. The van der Waals surface area contributed by atoms with Gasteiger partial charge in [-0.15, -0.1) is 0 Å². The minimum absolute atomic E-state index is 0.0000256. The summed E-state index contributed by atoms with van der Waals surface area (Å²) in [6.07, 6.45) is -2.06. The molecule has 0 saturated carbocycles. The highest BCUT2D eigenvalue weighted by molar-refractivity contribution is 5.99. The van der Waals surface area contributed by atoms with Gasteiger partial charge in [-0.05, 0) is 62.2 Å². The third kappa shape index (κ3) is 5.91. The van der Waals surface area contributed by atoms with Crippen LogP contribution in [0.4, 0.5) is 13.2 Å². The number of ether oxygens (including phenoxy) is 1. The first kappa shape index (κ1) is 24.7. The van der Waals surface area contributed by atoms with Crippen molar-refractivity contribution in [3.63, 3.8) is 0 Å². The highest BCUT2D eigenvalue weighted by atomic mass is 19.4. The van der Waals surface area contributed by atoms with Gasteiger partial charge in [0.25, 0.3) is 11.5 Å². The van der Waals surface area contributed by atoms with Gasteiger partial charge in [-0.1, -0.05) is 18.2 Å². The number of nitrogens with one attached hydrogen (secondary N) is 3. The van der Waals surface area contributed by atoms with E-state index in [1.807, 2.05) is 25.1 Å². The number of aliphatic carboxylic acids is 1. The van der Waals surface area contributed by atoms with Gasteiger partial charge in [0.1, 0.15) is 5.69 Å². The Morgan fingerprint density at radius 2 is 1.73 bits per heavy atom. The fourth-order valence-electron chi connectivity index (χ4n) is 4.29. The van der Waals surface area contributed by atoms with Crippen molar-refractivity contribution in [2.75, 3.05) is 19.7 Å². The molecule has 0 bridgehead atoms. The summed E-state index contributed by atoms with van der Waals surface area (Å²) < 4.78 is 37.7. The van der Waals surface area contributed by atoms with Crippen molar-refractivity contribution in [3.8, 4) is 0 Å². The van der Waals surface area contributed by atoms with E-state index in [0.29, 0.717) is 23.6 Å². The van der Waals surface area contributed by atoms with Crippen LogP contribution in [0.3, 0.4) is 0 Å². The molecule has 2 aliphatic heterocycles. The lowest BCUT2D eigenvalue weighted by Crippen LogP contribution is -2.46. The molecule has 1 amide bonds. The van der Waals surface area contributed by atoms with Crippen LogP contribution < -0.4 is 16.2 Å². The molecule has 2 aromatic rings. The van der Waals surface area contributed by atoms with Crippen LogP contribution in [0.15, 0.2) is 29.1 Å². The van der Waals surface area contributed by atoms with Crippen LogP contribution in [0.2, 0.25) is 0 Å². The van der Waals surface area contributed by atoms with E-state index in [2.05, 4.69) is 15.6 Å². The van der Waals surface area contributed by atoms with E-state index >= 15 is 0 Å². The van der Waals surface area contributed by atoms with E-state index < -0.39 is 12.1 Å². The number of pyridine rings is 1. The van der Waals surface area contributed by atoms with Gasteiger partial charge < -0.3 is 25.5 Å². The molecule has 8 nitrogen and oxygen atoms in total. The number of fused-ring (bicyclic) bond motifs is 1. The summed E-state index contributed by atoms with van der Waals surface area (Å²) in [7, 11) is 0. The number of aromatic nitrogens is 1. The van der Waals surface area contributed by atoms with E-state index in [1.165, 1.54) is 0 Å². The molecule has 0 aliphatic carbocycles. The van der Waals surface area contributed by atoms with Crippen LogP contribution in [0, 0.1) is 12.8 Å². The van der Waals surface area contributed by atoms with Crippen molar-refractivity contribution < 1.29 is 32.6 Å². The molecule has 2 aliphatic rings. The van der Waals surface area contributed by atoms with Gasteiger partial charge >= 0.3 is 12.1 Å². The number of rotatable bonds is 3. The first-order valence-corrected chi connectivity index (χ1v) is 10.6. The van der Waals surface area contributed by atoms with Crippen LogP contribution in [0.5, 0.6) is 0 Å². The summed E-state index contributed by atoms with van der Waals surface area (Å²) in [4.78, 5) is 36.9. The number of carboxylic acid groups (broad SMARTS) is 1. The second kappa shape index (κ2) is 10.3. The Morgan fingerprint density at radius 1 is 1.12 bits per heavy atom. The number of piperidine rings is 1. The Morgan fingerprint density at radius 3 is 2.33 bits per heavy atom. The number of hydrogen-bond acceptors (Lipinski definition) is 5. The Bertz CT molecular complexity index is 1060. The Hall–Kier alpha value is -2.92. The number of carbonyl (C=O) groups is 2. The van der Waals surface area contributed by atoms with Gasteiger partial charge in [-0.3, -0.25) is 9.59 Å². The standard InChI is InChI=1S/C20H25N3O3.C2HF3O2/c1-12-14-4-2-3-5-15(14)19(24)23-17(12)20(25)22-16-8-11-26-18(16)13-6-9-21-10-7-13;3-2(4,5)1(6)7/h2-5,13,16,18,21H,6-11H2,1H3,(H,22,25)(H,23,24);(H,6,7)/t16-,18+;/m1./s1. The number of carbonyl (C=O) groups excluding carboxylic acids is 1. The molecule has 2 atom stereocenters. The van der Waals surface area contributed by atoms with Crippen molar-refractivity contribution in [2.45, 2.75) is 44.5 Å². The molecule has 2 saturated heterocycles. The van der Waals surface area contributed by atoms with Crippen molar-refractivity contribution in [3.05, 3.63) is 45.9 Å². The number of amides is 1. The predicted molar refractivity (Wildman–Crippen MR) is 114 cm³/mol. The summed E-state index contributed by atoms with van der Waals surface area (Å²) in [5.74, 6) is -2.51. The fourth-order valence-corrected chi connectivity index (χ4v) is 4.29. The maximum Gasteiger partial charge on any atom is 0.490 e. The average Bonchev–Trinajstić information content (AvgIpc) is 3.24. The number of aromatic amines is 1. The van der Waals surface area contributed by atoms with E-state index in [0.717, 1.165) is 43.3 Å². The molecule has 2 fully saturated rings. The zero-order valence-corrected chi connectivity index (χ0v) is 18.0. The normalized spacial score (nSPS) is 21.3. The fraction of sp³-hybridized carbons (Fsp3) is 0.500. The minimum atomic E-state index is -5.08. The smallest absolute Gasteiger partial charge is 0.475 e. The number of benzene rings is 1. The minimum Gasteiger partial charge on any atom is -0.475 e. The van der Waals surface area contributed by atoms with Crippen molar-refractivity contribution >= 4 is 22.6 Å². The van der Waals surface area contributed by atoms with Crippen LogP contribution in [-0.4, -0.2) is 60.0 Å². The second-order valence-electron chi connectivity index (χ2n) is 8.09. The monoisotopic (exact) mass is 469 g/mol. The van der Waals surface area contributed by atoms with Gasteiger partial charge in [0, 0.05) is 12.0 Å². The summed E-state index contributed by atoms with van der Waals surface area (Å²) >= 11 is 0. The molecule has 11 heteroatoms. The van der Waals surface area contributed by atoms with Crippen molar-refractivity contribution in [1.29, 1.82) is 0 Å². The van der Waals surface area contributed by atoms with Gasteiger partial charge in [0.2, 0.25) is 0 Å². The lowest BCUT2D eigenvalue weighted by atomic mass is 9.88. The highest BCUT2D eigenvalue weighted by Gasteiger charge is 2.38. The first-order valence-electron chi connectivity index (χ1n) is 10.6. The summed E-state index contributed by atoms with van der Waals surface area (Å²) in [6.45, 7) is 4.56. The van der Waals surface area contributed by atoms with Crippen LogP contribution in [-0.2, 0) is 9.53 Å². The molecule has 0 unspecified atom stereocenters. The van der Waals surface area contributed by atoms with E-state index in [1.54, 1.807) is 6.07 Å². The number of H-pyrrole nitrogens is 1. The maximum atomic E-state index is 12.9. The zero-order chi connectivity index (χ0) is 24.2. The van der Waals surface area contributed by atoms with Crippen LogP contribution >= 0.6 is 0 Å². The summed E-state index contributed by atoms with van der Waals surface area (Å²) in [5, 5.41) is 15.0. The number of aryl methyl sites for hydroxylation is 1. The van der Waals surface area contributed by atoms with Gasteiger partial charge in [0.15, 0.2) is 0 Å². The van der Waals surface area contributed by atoms with Gasteiger partial charge in [0.05, 0.1) is 12.1 Å². The molecule has 3 heterocycles. The second-order valence-corrected chi connectivity index (χ2v) is 8.09. The summed E-state index contributed by atoms with van der Waals surface area (Å²) in [5.41, 5.74) is 0.925.